The fourth-order valence-corrected chi connectivity index (χ4v) is 4.72. The molecule has 0 radical (unpaired) electrons. The molecule has 0 aromatic heterocycles. The van der Waals surface area contributed by atoms with Crippen molar-refractivity contribution < 1.29 is 32.9 Å². The van der Waals surface area contributed by atoms with E-state index >= 15 is 0 Å². The van der Waals surface area contributed by atoms with Crippen molar-refractivity contribution in [1.29, 1.82) is 0 Å². The molecule has 2 fully saturated rings. The second-order valence-electron chi connectivity index (χ2n) is 7.30. The van der Waals surface area contributed by atoms with Gasteiger partial charge in [0.05, 0.1) is 0 Å². The van der Waals surface area contributed by atoms with Gasteiger partial charge in [-0.05, 0) is 38.1 Å². The molecule has 0 aliphatic carbocycles. The van der Waals surface area contributed by atoms with E-state index < -0.39 is 38.1 Å². The number of aliphatic hydroxyl groups is 1. The van der Waals surface area contributed by atoms with Crippen molar-refractivity contribution in [1.82, 2.24) is 5.09 Å². The smallest absolute Gasteiger partial charge is 0.405 e. The molecule has 156 valence electrons. The second-order valence-corrected chi connectivity index (χ2v) is 8.97. The van der Waals surface area contributed by atoms with Crippen LogP contribution < -0.4 is 14.1 Å². The molecule has 0 saturated carbocycles. The lowest BCUT2D eigenvalue weighted by molar-refractivity contribution is -0.218. The minimum absolute atomic E-state index is 0.0641. The molecule has 29 heavy (non-hydrogen) atoms. The summed E-state index contributed by atoms with van der Waals surface area (Å²) < 4.78 is 41.9. The maximum atomic E-state index is 13.5. The van der Waals surface area contributed by atoms with E-state index in [2.05, 4.69) is 5.09 Å². The molecule has 9 heteroatoms. The molecule has 2 aliphatic heterocycles. The first kappa shape index (κ1) is 20.3. The van der Waals surface area contributed by atoms with Gasteiger partial charge in [0.25, 0.3) is 0 Å². The number of nitrogens with one attached hydrogen (secondary N) is 1. The summed E-state index contributed by atoms with van der Waals surface area (Å²) in [5.74, 6) is -0.0412. The first-order valence-corrected chi connectivity index (χ1v) is 10.9. The molecule has 1 unspecified atom stereocenters. The highest BCUT2D eigenvalue weighted by molar-refractivity contribution is 7.52. The van der Waals surface area contributed by atoms with Crippen LogP contribution in [0.15, 0.2) is 60.7 Å². The van der Waals surface area contributed by atoms with Crippen LogP contribution >= 0.6 is 7.75 Å². The Morgan fingerprint density at radius 3 is 2.03 bits per heavy atom. The molecule has 2 saturated heterocycles. The van der Waals surface area contributed by atoms with Crippen LogP contribution in [-0.2, 0) is 18.8 Å². The SMILES string of the molecule is CC1(C)O[C@@H]2[C@@H](CNP(=O)(Oc3ccccc3)Oc3ccccc3)OC(O)[C@@H]2O1. The zero-order valence-corrected chi connectivity index (χ0v) is 17.0. The van der Waals surface area contributed by atoms with Crippen LogP contribution in [-0.4, -0.2) is 42.0 Å². The molecule has 2 N–H and O–H groups in total. The summed E-state index contributed by atoms with van der Waals surface area (Å²) in [6.45, 7) is 3.60. The fraction of sp³-hybridized carbons (Fsp3) is 0.400. The quantitative estimate of drug-likeness (QED) is 0.659. The van der Waals surface area contributed by atoms with Crippen LogP contribution in [0.2, 0.25) is 0 Å². The molecular weight excluding hydrogens is 397 g/mol. The second kappa shape index (κ2) is 8.07. The molecule has 2 aliphatic rings. The van der Waals surface area contributed by atoms with Crippen LogP contribution in [0.25, 0.3) is 0 Å². The summed E-state index contributed by atoms with van der Waals surface area (Å²) in [5, 5.41) is 13.0. The number of benzene rings is 2. The van der Waals surface area contributed by atoms with Crippen molar-refractivity contribution in [2.45, 2.75) is 44.2 Å². The maximum Gasteiger partial charge on any atom is 0.512 e. The molecule has 8 nitrogen and oxygen atoms in total. The Hall–Kier alpha value is -1.93. The predicted molar refractivity (Wildman–Crippen MR) is 104 cm³/mol. The Morgan fingerprint density at radius 2 is 1.48 bits per heavy atom. The van der Waals surface area contributed by atoms with Crippen LogP contribution in [0.5, 0.6) is 11.5 Å². The van der Waals surface area contributed by atoms with E-state index in [1.807, 2.05) is 12.1 Å². The molecule has 2 aromatic carbocycles. The highest BCUT2D eigenvalue weighted by Crippen LogP contribution is 2.45. The van der Waals surface area contributed by atoms with Gasteiger partial charge in [-0.3, -0.25) is 0 Å². The molecule has 0 amide bonds. The molecule has 2 heterocycles. The molecule has 4 atom stereocenters. The summed E-state index contributed by atoms with van der Waals surface area (Å²) >= 11 is 0. The summed E-state index contributed by atoms with van der Waals surface area (Å²) in [5.41, 5.74) is 0. The van der Waals surface area contributed by atoms with E-state index in [0.29, 0.717) is 11.5 Å². The summed E-state index contributed by atoms with van der Waals surface area (Å²) in [7, 11) is -3.81. The molecule has 4 rings (SSSR count). The topological polar surface area (TPSA) is 95.5 Å². The fourth-order valence-electron chi connectivity index (χ4n) is 3.35. The standard InChI is InChI=1S/C20H24NO7P/c1-20(2)25-17-16(24-19(22)18(17)26-20)13-21-29(23,27-14-9-5-3-6-10-14)28-15-11-7-4-8-12-15/h3-12,16-19,22H,13H2,1-2H3,(H,21,23)/t16-,17-,18-,19?/m1/s1. The van der Waals surface area contributed by atoms with Crippen molar-refractivity contribution >= 4 is 7.75 Å². The Morgan fingerprint density at radius 1 is 0.966 bits per heavy atom. The molecule has 0 bridgehead atoms. The lowest BCUT2D eigenvalue weighted by atomic mass is 10.1. The van der Waals surface area contributed by atoms with Gasteiger partial charge >= 0.3 is 7.75 Å². The maximum absolute atomic E-state index is 13.5. The summed E-state index contributed by atoms with van der Waals surface area (Å²) in [6, 6.07) is 17.5. The Kier molecular flexibility index (Phi) is 5.66. The third-order valence-electron chi connectivity index (χ3n) is 4.55. The van der Waals surface area contributed by atoms with E-state index in [-0.39, 0.29) is 6.54 Å². The van der Waals surface area contributed by atoms with E-state index in [0.717, 1.165) is 0 Å². The normalized spacial score (nSPS) is 28.1. The van der Waals surface area contributed by atoms with Crippen LogP contribution in [0.3, 0.4) is 0 Å². The van der Waals surface area contributed by atoms with E-state index in [9.17, 15) is 9.67 Å². The number of para-hydroxylation sites is 2. The number of fused-ring (bicyclic) bond motifs is 1. The van der Waals surface area contributed by atoms with E-state index in [1.165, 1.54) is 0 Å². The molecule has 0 spiro atoms. The predicted octanol–water partition coefficient (Wildman–Crippen LogP) is 3.08. The zero-order chi connectivity index (χ0) is 20.5. The molecular formula is C20H24NO7P. The minimum Gasteiger partial charge on any atom is -0.405 e. The number of hydrogen-bond acceptors (Lipinski definition) is 7. The van der Waals surface area contributed by atoms with Gasteiger partial charge in [0.1, 0.15) is 29.8 Å². The third kappa shape index (κ3) is 4.80. The number of rotatable bonds is 7. The molecule has 2 aromatic rings. The first-order chi connectivity index (χ1) is 13.8. The van der Waals surface area contributed by atoms with Crippen LogP contribution in [0.4, 0.5) is 0 Å². The lowest BCUT2D eigenvalue weighted by Gasteiger charge is -2.25. The van der Waals surface area contributed by atoms with E-state index in [1.54, 1.807) is 62.4 Å². The van der Waals surface area contributed by atoms with Crippen molar-refractivity contribution in [3.63, 3.8) is 0 Å². The van der Waals surface area contributed by atoms with Crippen LogP contribution in [0, 0.1) is 0 Å². The van der Waals surface area contributed by atoms with Crippen LogP contribution in [0.1, 0.15) is 13.8 Å². The van der Waals surface area contributed by atoms with Gasteiger partial charge in [-0.25, -0.2) is 4.57 Å². The summed E-state index contributed by atoms with van der Waals surface area (Å²) in [4.78, 5) is 0. The van der Waals surface area contributed by atoms with Gasteiger partial charge in [0, 0.05) is 6.54 Å². The number of aliphatic hydroxyl groups excluding tert-OH is 1. The van der Waals surface area contributed by atoms with Crippen molar-refractivity contribution in [3.8, 4) is 11.5 Å². The highest BCUT2D eigenvalue weighted by atomic mass is 31.2. The van der Waals surface area contributed by atoms with Crippen molar-refractivity contribution in [2.24, 2.45) is 0 Å². The number of ether oxygens (including phenoxy) is 3. The Bertz CT molecular complexity index is 818. The Labute approximate surface area is 169 Å². The Balaban J connectivity index is 1.49. The van der Waals surface area contributed by atoms with Gasteiger partial charge in [-0.1, -0.05) is 36.4 Å². The van der Waals surface area contributed by atoms with Gasteiger partial charge in [0.15, 0.2) is 12.1 Å². The lowest BCUT2D eigenvalue weighted by Crippen LogP contribution is -2.37. The first-order valence-electron chi connectivity index (χ1n) is 9.37. The largest absolute Gasteiger partial charge is 0.512 e. The van der Waals surface area contributed by atoms with Gasteiger partial charge in [-0.15, -0.1) is 0 Å². The average Bonchev–Trinajstić information content (AvgIpc) is 3.15. The number of hydrogen-bond donors (Lipinski definition) is 2. The van der Waals surface area contributed by atoms with Gasteiger partial charge in [-0.2, -0.15) is 5.09 Å². The highest BCUT2D eigenvalue weighted by Gasteiger charge is 2.55. The van der Waals surface area contributed by atoms with E-state index in [4.69, 9.17) is 23.3 Å². The monoisotopic (exact) mass is 421 g/mol. The van der Waals surface area contributed by atoms with Crippen molar-refractivity contribution in [2.75, 3.05) is 6.54 Å². The third-order valence-corrected chi connectivity index (χ3v) is 6.02. The zero-order valence-electron chi connectivity index (χ0n) is 16.1. The van der Waals surface area contributed by atoms with Gasteiger partial charge < -0.3 is 28.4 Å². The average molecular weight is 421 g/mol. The minimum atomic E-state index is -3.81. The summed E-state index contributed by atoms with van der Waals surface area (Å²) in [6.07, 6.45) is -2.84. The van der Waals surface area contributed by atoms with Crippen molar-refractivity contribution in [3.05, 3.63) is 60.7 Å². The van der Waals surface area contributed by atoms with Gasteiger partial charge in [0.2, 0.25) is 0 Å².